The first-order chi connectivity index (χ1) is 9.05. The Bertz CT molecular complexity index is 406. The van der Waals surface area contributed by atoms with Crippen LogP contribution in [0.3, 0.4) is 0 Å². The van der Waals surface area contributed by atoms with Gasteiger partial charge in [-0.25, -0.2) is 0 Å². The molecule has 0 amide bonds. The van der Waals surface area contributed by atoms with Gasteiger partial charge in [-0.05, 0) is 16.5 Å². The number of nitrogens with one attached hydrogen (secondary N) is 1. The molecule has 1 heterocycles. The molecular weight excluding hydrogens is 232 g/mol. The summed E-state index contributed by atoms with van der Waals surface area (Å²) in [6.07, 6.45) is 4.51. The van der Waals surface area contributed by atoms with E-state index in [1.54, 1.807) is 0 Å². The van der Waals surface area contributed by atoms with Crippen LogP contribution in [0.1, 0.15) is 31.9 Å². The molecular formula is C17H26N2. The lowest BCUT2D eigenvalue weighted by molar-refractivity contribution is 0.265. The molecule has 2 nitrogen and oxygen atoms in total. The van der Waals surface area contributed by atoms with Gasteiger partial charge in [0.25, 0.3) is 0 Å². The molecule has 1 aromatic rings. The van der Waals surface area contributed by atoms with Crippen LogP contribution in [-0.4, -0.2) is 37.6 Å². The van der Waals surface area contributed by atoms with E-state index in [1.165, 1.54) is 11.1 Å². The van der Waals surface area contributed by atoms with Gasteiger partial charge in [0, 0.05) is 32.7 Å². The minimum Gasteiger partial charge on any atom is -0.314 e. The first-order valence-corrected chi connectivity index (χ1v) is 7.26. The van der Waals surface area contributed by atoms with Crippen molar-refractivity contribution in [2.24, 2.45) is 0 Å². The normalized spacial score (nSPS) is 18.1. The smallest absolute Gasteiger partial charge is 0.0167 e. The lowest BCUT2D eigenvalue weighted by Gasteiger charge is -2.25. The predicted octanol–water partition coefficient (Wildman–Crippen LogP) is 2.90. The molecule has 1 N–H and O–H groups in total. The second-order valence-corrected chi connectivity index (χ2v) is 6.32. The van der Waals surface area contributed by atoms with Crippen molar-refractivity contribution in [3.63, 3.8) is 0 Å². The van der Waals surface area contributed by atoms with Crippen LogP contribution in [0.2, 0.25) is 0 Å². The average Bonchev–Trinajstić information content (AvgIpc) is 2.39. The van der Waals surface area contributed by atoms with E-state index >= 15 is 0 Å². The maximum atomic E-state index is 3.38. The molecule has 0 radical (unpaired) electrons. The molecule has 1 aromatic carbocycles. The highest BCUT2D eigenvalue weighted by Crippen LogP contribution is 2.22. The zero-order chi connectivity index (χ0) is 13.7. The van der Waals surface area contributed by atoms with Crippen LogP contribution < -0.4 is 5.32 Å². The molecule has 19 heavy (non-hydrogen) atoms. The Kier molecular flexibility index (Phi) is 4.78. The third-order valence-electron chi connectivity index (χ3n) is 3.66. The van der Waals surface area contributed by atoms with Crippen LogP contribution in [0, 0.1) is 0 Å². The number of nitrogens with zero attached hydrogens (tertiary/aromatic N) is 1. The second-order valence-electron chi connectivity index (χ2n) is 6.32. The van der Waals surface area contributed by atoms with Gasteiger partial charge < -0.3 is 5.32 Å². The van der Waals surface area contributed by atoms with Crippen LogP contribution in [0.15, 0.2) is 30.3 Å². The van der Waals surface area contributed by atoms with Gasteiger partial charge in [0.2, 0.25) is 0 Å². The molecule has 2 rings (SSSR count). The number of benzene rings is 1. The lowest BCUT2D eigenvalue weighted by Crippen LogP contribution is -2.43. The summed E-state index contributed by atoms with van der Waals surface area (Å²) < 4.78 is 0. The standard InChI is InChI=1S/C17H26N2/c1-17(2,3)16-8-6-15(7-9-16)5-4-12-19-13-10-18-11-14-19/h4-9,18H,10-14H2,1-3H3/b5-4+. The minimum absolute atomic E-state index is 0.239. The van der Waals surface area contributed by atoms with Gasteiger partial charge in [0.05, 0.1) is 0 Å². The molecule has 2 heteroatoms. The van der Waals surface area contributed by atoms with Crippen molar-refractivity contribution in [3.05, 3.63) is 41.5 Å². The molecule has 1 fully saturated rings. The van der Waals surface area contributed by atoms with E-state index in [-0.39, 0.29) is 5.41 Å². The predicted molar refractivity (Wildman–Crippen MR) is 83.5 cm³/mol. The molecule has 0 bridgehead atoms. The van der Waals surface area contributed by atoms with E-state index in [1.807, 2.05) is 0 Å². The van der Waals surface area contributed by atoms with Gasteiger partial charge in [-0.15, -0.1) is 0 Å². The number of hydrogen-bond acceptors (Lipinski definition) is 2. The fourth-order valence-electron chi connectivity index (χ4n) is 2.33. The maximum absolute atomic E-state index is 3.38. The molecule has 0 unspecified atom stereocenters. The van der Waals surface area contributed by atoms with Gasteiger partial charge in [-0.1, -0.05) is 57.2 Å². The molecule has 1 aliphatic rings. The van der Waals surface area contributed by atoms with E-state index < -0.39 is 0 Å². The SMILES string of the molecule is CC(C)(C)c1ccc(/C=C/CN2CCNCC2)cc1. The van der Waals surface area contributed by atoms with Crippen LogP contribution in [0.4, 0.5) is 0 Å². The van der Waals surface area contributed by atoms with Gasteiger partial charge >= 0.3 is 0 Å². The van der Waals surface area contributed by atoms with Crippen molar-refractivity contribution in [3.8, 4) is 0 Å². The van der Waals surface area contributed by atoms with Crippen LogP contribution in [-0.2, 0) is 5.41 Å². The maximum Gasteiger partial charge on any atom is 0.0167 e. The third-order valence-corrected chi connectivity index (χ3v) is 3.66. The Morgan fingerprint density at radius 1 is 1.11 bits per heavy atom. The first kappa shape index (κ1) is 14.3. The van der Waals surface area contributed by atoms with Crippen molar-refractivity contribution < 1.29 is 0 Å². The van der Waals surface area contributed by atoms with Crippen molar-refractivity contribution >= 4 is 6.08 Å². The van der Waals surface area contributed by atoms with Gasteiger partial charge in [0.1, 0.15) is 0 Å². The summed E-state index contributed by atoms with van der Waals surface area (Å²) in [6, 6.07) is 8.92. The molecule has 1 aliphatic heterocycles. The highest BCUT2D eigenvalue weighted by atomic mass is 15.2. The summed E-state index contributed by atoms with van der Waals surface area (Å²) in [6.45, 7) is 12.4. The molecule has 104 valence electrons. The second kappa shape index (κ2) is 6.36. The Morgan fingerprint density at radius 2 is 1.74 bits per heavy atom. The Morgan fingerprint density at radius 3 is 2.32 bits per heavy atom. The molecule has 0 atom stereocenters. The summed E-state index contributed by atoms with van der Waals surface area (Å²) in [5.74, 6) is 0. The minimum atomic E-state index is 0.239. The van der Waals surface area contributed by atoms with Crippen molar-refractivity contribution in [2.75, 3.05) is 32.7 Å². The fraction of sp³-hybridized carbons (Fsp3) is 0.529. The average molecular weight is 258 g/mol. The summed E-state index contributed by atoms with van der Waals surface area (Å²) in [5.41, 5.74) is 2.93. The largest absolute Gasteiger partial charge is 0.314 e. The Balaban J connectivity index is 1.88. The molecule has 0 aliphatic carbocycles. The van der Waals surface area contributed by atoms with Crippen molar-refractivity contribution in [1.82, 2.24) is 10.2 Å². The Labute approximate surface area is 117 Å². The quantitative estimate of drug-likeness (QED) is 0.897. The zero-order valence-electron chi connectivity index (χ0n) is 12.4. The molecule has 0 saturated carbocycles. The van der Waals surface area contributed by atoms with E-state index in [0.717, 1.165) is 32.7 Å². The van der Waals surface area contributed by atoms with Gasteiger partial charge in [-0.3, -0.25) is 4.90 Å². The third kappa shape index (κ3) is 4.48. The van der Waals surface area contributed by atoms with E-state index in [0.29, 0.717) is 0 Å². The van der Waals surface area contributed by atoms with Crippen LogP contribution in [0.25, 0.3) is 6.08 Å². The van der Waals surface area contributed by atoms with Crippen LogP contribution in [0.5, 0.6) is 0 Å². The summed E-state index contributed by atoms with van der Waals surface area (Å²) in [7, 11) is 0. The summed E-state index contributed by atoms with van der Waals surface area (Å²) in [4.78, 5) is 2.48. The van der Waals surface area contributed by atoms with E-state index in [2.05, 4.69) is 67.4 Å². The Hall–Kier alpha value is -1.12. The van der Waals surface area contributed by atoms with E-state index in [4.69, 9.17) is 0 Å². The topological polar surface area (TPSA) is 15.3 Å². The number of hydrogen-bond donors (Lipinski definition) is 1. The van der Waals surface area contributed by atoms with Crippen LogP contribution >= 0.6 is 0 Å². The van der Waals surface area contributed by atoms with Gasteiger partial charge in [-0.2, -0.15) is 0 Å². The van der Waals surface area contributed by atoms with Gasteiger partial charge in [0.15, 0.2) is 0 Å². The van der Waals surface area contributed by atoms with Crippen molar-refractivity contribution in [1.29, 1.82) is 0 Å². The number of piperazine rings is 1. The molecule has 0 spiro atoms. The lowest BCUT2D eigenvalue weighted by atomic mass is 9.87. The van der Waals surface area contributed by atoms with E-state index in [9.17, 15) is 0 Å². The summed E-state index contributed by atoms with van der Waals surface area (Å²) in [5, 5.41) is 3.38. The highest BCUT2D eigenvalue weighted by molar-refractivity contribution is 5.50. The summed E-state index contributed by atoms with van der Waals surface area (Å²) >= 11 is 0. The van der Waals surface area contributed by atoms with Crippen molar-refractivity contribution in [2.45, 2.75) is 26.2 Å². The first-order valence-electron chi connectivity index (χ1n) is 7.26. The molecule has 0 aromatic heterocycles. The number of rotatable bonds is 3. The molecule has 1 saturated heterocycles. The fourth-order valence-corrected chi connectivity index (χ4v) is 2.33. The monoisotopic (exact) mass is 258 g/mol. The highest BCUT2D eigenvalue weighted by Gasteiger charge is 2.12. The zero-order valence-corrected chi connectivity index (χ0v) is 12.4.